The quantitative estimate of drug-likeness (QED) is 0.257. The lowest BCUT2D eigenvalue weighted by molar-refractivity contribution is 0.354. The molecular formula is C44H54N4. The lowest BCUT2D eigenvalue weighted by Gasteiger charge is -2.32. The van der Waals surface area contributed by atoms with E-state index in [1.807, 2.05) is 0 Å². The van der Waals surface area contributed by atoms with Crippen LogP contribution in [0.5, 0.6) is 0 Å². The van der Waals surface area contributed by atoms with Crippen LogP contribution in [0.3, 0.4) is 0 Å². The molecule has 6 aliphatic rings. The Kier molecular flexibility index (Phi) is 5.89. The number of rotatable bonds is 0. The zero-order valence-electron chi connectivity index (χ0n) is 31.6. The molecule has 0 aromatic carbocycles. The summed E-state index contributed by atoms with van der Waals surface area (Å²) in [7, 11) is 0. The monoisotopic (exact) mass is 638 g/mol. The Bertz CT molecular complexity index is 2270. The maximum atomic E-state index is 5.72. The van der Waals surface area contributed by atoms with E-state index in [-0.39, 0.29) is 21.7 Å². The number of aromatic nitrogens is 4. The van der Waals surface area contributed by atoms with Gasteiger partial charge >= 0.3 is 0 Å². The average Bonchev–Trinajstić information content (AvgIpc) is 3.68. The summed E-state index contributed by atoms with van der Waals surface area (Å²) < 4.78 is 0. The van der Waals surface area contributed by atoms with Gasteiger partial charge in [-0.25, -0.2) is 9.97 Å². The van der Waals surface area contributed by atoms with Crippen LogP contribution in [-0.2, 0) is 38.5 Å². The molecule has 0 saturated heterocycles. The molecule has 3 aromatic heterocycles. The molecule has 0 spiro atoms. The van der Waals surface area contributed by atoms with Gasteiger partial charge in [-0.3, -0.25) is 0 Å². The number of nitrogens with one attached hydrogen (secondary N) is 2. The second-order valence-corrected chi connectivity index (χ2v) is 19.8. The van der Waals surface area contributed by atoms with Gasteiger partial charge in [0.2, 0.25) is 0 Å². The zero-order chi connectivity index (χ0) is 34.0. The van der Waals surface area contributed by atoms with Crippen molar-refractivity contribution in [2.75, 3.05) is 0 Å². The van der Waals surface area contributed by atoms with Crippen molar-refractivity contribution in [3.63, 3.8) is 0 Å². The van der Waals surface area contributed by atoms with Gasteiger partial charge in [0.15, 0.2) is 0 Å². The van der Waals surface area contributed by atoms with E-state index in [2.05, 4.69) is 93.1 Å². The number of hydrogen-bond donors (Lipinski definition) is 2. The Hall–Kier alpha value is -3.40. The number of hydrogen-bond acceptors (Lipinski definition) is 2. The molecule has 5 heterocycles. The van der Waals surface area contributed by atoms with Crippen LogP contribution in [-0.4, -0.2) is 19.9 Å². The standard InChI is InChI=1S/C44H54N4/c1-21-25-13-41(5,6)18-30-34-23(3)27-15-43(9,10)20-32(39(27)47-34)36-24(4)28-16-44(11,12)19-31(40(28)48-36)35-22(2)26-14-42(7,8)17-29(38(26)46-35)33(21)45-37(25)30/h45-46H,13-20H2,1-12H3. The third-order valence-electron chi connectivity index (χ3n) is 13.0. The average molecular weight is 639 g/mol. The zero-order valence-corrected chi connectivity index (χ0v) is 31.6. The SMILES string of the molecule is CC1=C2CC(C)(C)Cc3c2nc1c1c2nc(c4c5[nH]c(c(C)c5CC(C)(C)C4)c4c5[nH]c3c(C)c5CC(C)(C)C4)C(C)=C2CC(C)(C)C1. The molecule has 4 aliphatic carbocycles. The summed E-state index contributed by atoms with van der Waals surface area (Å²) in [6.07, 6.45) is 8.43. The summed E-state index contributed by atoms with van der Waals surface area (Å²) in [6.45, 7) is 29.1. The first-order chi connectivity index (χ1) is 22.3. The minimum atomic E-state index is 0.145. The largest absolute Gasteiger partial charge is 0.354 e. The van der Waals surface area contributed by atoms with Crippen molar-refractivity contribution in [2.45, 2.75) is 134 Å². The van der Waals surface area contributed by atoms with E-state index in [0.717, 1.165) is 51.4 Å². The molecule has 250 valence electrons. The van der Waals surface area contributed by atoms with Gasteiger partial charge in [0.05, 0.1) is 22.8 Å². The van der Waals surface area contributed by atoms with Crippen molar-refractivity contribution in [1.82, 2.24) is 19.9 Å². The fourth-order valence-corrected chi connectivity index (χ4v) is 10.8. The number of nitrogens with zero attached hydrogens (tertiary/aromatic N) is 2. The van der Waals surface area contributed by atoms with Gasteiger partial charge in [-0.05, 0) is 145 Å². The van der Waals surface area contributed by atoms with E-state index in [1.165, 1.54) is 112 Å². The van der Waals surface area contributed by atoms with Crippen molar-refractivity contribution in [2.24, 2.45) is 21.7 Å². The van der Waals surface area contributed by atoms with Crippen molar-refractivity contribution >= 4 is 44.4 Å². The Balaban J connectivity index is 1.56. The van der Waals surface area contributed by atoms with Crippen LogP contribution in [0.15, 0.2) is 0 Å². The van der Waals surface area contributed by atoms with E-state index in [0.29, 0.717) is 0 Å². The summed E-state index contributed by atoms with van der Waals surface area (Å²) in [5.74, 6) is 0. The van der Waals surface area contributed by atoms with Crippen molar-refractivity contribution in [1.29, 1.82) is 0 Å². The molecule has 4 nitrogen and oxygen atoms in total. The van der Waals surface area contributed by atoms with Gasteiger partial charge in [0.1, 0.15) is 0 Å². The van der Waals surface area contributed by atoms with E-state index in [9.17, 15) is 0 Å². The Morgan fingerprint density at radius 1 is 0.375 bits per heavy atom. The summed E-state index contributed by atoms with van der Waals surface area (Å²) in [6, 6.07) is 0. The molecule has 0 radical (unpaired) electrons. The molecule has 48 heavy (non-hydrogen) atoms. The van der Waals surface area contributed by atoms with Crippen LogP contribution in [0.1, 0.15) is 149 Å². The highest BCUT2D eigenvalue weighted by atomic mass is 14.8. The highest BCUT2D eigenvalue weighted by Gasteiger charge is 2.41. The molecule has 0 fully saturated rings. The van der Waals surface area contributed by atoms with Gasteiger partial charge in [-0.15, -0.1) is 0 Å². The van der Waals surface area contributed by atoms with Crippen molar-refractivity contribution in [3.8, 4) is 0 Å². The number of aryl methyl sites for hydroxylation is 2. The van der Waals surface area contributed by atoms with Gasteiger partial charge < -0.3 is 9.97 Å². The normalized spacial score (nSPS) is 22.4. The summed E-state index contributed by atoms with van der Waals surface area (Å²) in [4.78, 5) is 19.7. The Morgan fingerprint density at radius 3 is 1.23 bits per heavy atom. The van der Waals surface area contributed by atoms with Crippen molar-refractivity contribution in [3.05, 3.63) is 67.3 Å². The van der Waals surface area contributed by atoms with Gasteiger partial charge in [0, 0.05) is 44.3 Å². The van der Waals surface area contributed by atoms with Crippen LogP contribution in [0.2, 0.25) is 0 Å². The van der Waals surface area contributed by atoms with Gasteiger partial charge in [-0.2, -0.15) is 0 Å². The number of H-pyrrole nitrogens is 2. The minimum absolute atomic E-state index is 0.145. The second kappa shape index (κ2) is 9.23. The molecule has 0 unspecified atom stereocenters. The van der Waals surface area contributed by atoms with E-state index < -0.39 is 0 Å². The molecule has 3 aromatic rings. The van der Waals surface area contributed by atoms with Crippen LogP contribution >= 0.6 is 0 Å². The molecule has 4 heteroatoms. The highest BCUT2D eigenvalue weighted by Crippen LogP contribution is 2.53. The van der Waals surface area contributed by atoms with E-state index >= 15 is 0 Å². The summed E-state index contributed by atoms with van der Waals surface area (Å²) in [5.41, 5.74) is 28.0. The predicted octanol–water partition coefficient (Wildman–Crippen LogP) is 11.0. The fourth-order valence-electron chi connectivity index (χ4n) is 10.8. The maximum Gasteiger partial charge on any atom is 0.0726 e. The highest BCUT2D eigenvalue weighted by molar-refractivity contribution is 6.00. The van der Waals surface area contributed by atoms with E-state index in [1.54, 1.807) is 0 Å². The molecule has 0 amide bonds. The Morgan fingerprint density at radius 2 is 0.708 bits per heavy atom. The van der Waals surface area contributed by atoms with Crippen LogP contribution in [0.4, 0.5) is 0 Å². The molecule has 0 saturated carbocycles. The summed E-state index contributed by atoms with van der Waals surface area (Å²) in [5, 5.41) is 0. The summed E-state index contributed by atoms with van der Waals surface area (Å²) >= 11 is 0. The molecular weight excluding hydrogens is 585 g/mol. The molecule has 9 rings (SSSR count). The predicted molar refractivity (Wildman–Crippen MR) is 202 cm³/mol. The lowest BCUT2D eigenvalue weighted by Crippen LogP contribution is -2.23. The molecule has 2 N–H and O–H groups in total. The first-order valence-corrected chi connectivity index (χ1v) is 18.6. The lowest BCUT2D eigenvalue weighted by atomic mass is 9.71. The van der Waals surface area contributed by atoms with Crippen molar-refractivity contribution < 1.29 is 0 Å². The Labute approximate surface area is 287 Å². The van der Waals surface area contributed by atoms with Crippen LogP contribution in [0.25, 0.3) is 44.4 Å². The molecule has 0 atom stereocenters. The van der Waals surface area contributed by atoms with Gasteiger partial charge in [-0.1, -0.05) is 55.4 Å². The first-order valence-electron chi connectivity index (χ1n) is 18.6. The third-order valence-corrected chi connectivity index (χ3v) is 13.0. The van der Waals surface area contributed by atoms with Gasteiger partial charge in [0.25, 0.3) is 0 Å². The minimum Gasteiger partial charge on any atom is -0.354 e. The maximum absolute atomic E-state index is 5.72. The van der Waals surface area contributed by atoms with E-state index in [4.69, 9.17) is 9.97 Å². The molecule has 2 aliphatic heterocycles. The third kappa shape index (κ3) is 4.19. The van der Waals surface area contributed by atoms with Crippen LogP contribution in [0, 0.1) is 35.5 Å². The smallest absolute Gasteiger partial charge is 0.0726 e. The molecule has 8 bridgehead atoms. The topological polar surface area (TPSA) is 57.4 Å². The number of aromatic amines is 2. The number of fused-ring (bicyclic) bond motifs is 8. The second-order valence-electron chi connectivity index (χ2n) is 19.8. The fraction of sp³-hybridized carbons (Fsp3) is 0.545. The van der Waals surface area contributed by atoms with Crippen LogP contribution < -0.4 is 0 Å². The number of allylic oxidation sites excluding steroid dienone is 4. The first kappa shape index (κ1) is 30.6.